The molecule has 1 N–H and O–H groups in total. The maximum absolute atomic E-state index is 5.41. The van der Waals surface area contributed by atoms with Crippen molar-refractivity contribution >= 4 is 0 Å². The number of fused-ring (bicyclic) bond motifs is 2. The van der Waals surface area contributed by atoms with Crippen molar-refractivity contribution in [3.8, 4) is 11.4 Å². The van der Waals surface area contributed by atoms with Crippen LogP contribution in [0.1, 0.15) is 37.3 Å². The highest BCUT2D eigenvalue weighted by Gasteiger charge is 2.34. The molecule has 4 rings (SSSR count). The lowest BCUT2D eigenvalue weighted by Gasteiger charge is -2.27. The molecule has 0 amide bonds. The van der Waals surface area contributed by atoms with E-state index in [9.17, 15) is 0 Å². The Morgan fingerprint density at radius 3 is 2.80 bits per heavy atom. The first-order valence-corrected chi connectivity index (χ1v) is 7.41. The molecule has 2 bridgehead atoms. The Kier molecular flexibility index (Phi) is 2.88. The van der Waals surface area contributed by atoms with Gasteiger partial charge in [-0.15, -0.1) is 0 Å². The van der Waals surface area contributed by atoms with Crippen molar-refractivity contribution < 1.29 is 8.94 Å². The van der Waals surface area contributed by atoms with Crippen LogP contribution >= 0.6 is 0 Å². The lowest BCUT2D eigenvalue weighted by molar-refractivity contribution is 0.270. The number of rotatable bonds is 3. The Hall–Kier alpha value is -1.62. The minimum Gasteiger partial charge on any atom is -0.469 e. The summed E-state index contributed by atoms with van der Waals surface area (Å²) < 4.78 is 10.7. The Bertz CT molecular complexity index is 592. The van der Waals surface area contributed by atoms with Gasteiger partial charge in [0, 0.05) is 18.5 Å². The number of aromatic nitrogens is 2. The van der Waals surface area contributed by atoms with Crippen molar-refractivity contribution in [1.82, 2.24) is 15.5 Å². The van der Waals surface area contributed by atoms with Crippen LogP contribution in [0.2, 0.25) is 0 Å². The summed E-state index contributed by atoms with van der Waals surface area (Å²) in [6, 6.07) is 3.30. The lowest BCUT2D eigenvalue weighted by Crippen LogP contribution is -2.38. The van der Waals surface area contributed by atoms with E-state index < -0.39 is 0 Å². The normalized spacial score (nSPS) is 28.9. The minimum absolute atomic E-state index is 0.642. The third kappa shape index (κ3) is 2.16. The van der Waals surface area contributed by atoms with E-state index in [2.05, 4.69) is 15.5 Å². The zero-order valence-electron chi connectivity index (χ0n) is 11.6. The molecule has 20 heavy (non-hydrogen) atoms. The molecule has 2 atom stereocenters. The quantitative estimate of drug-likeness (QED) is 0.931. The number of piperidine rings is 1. The van der Waals surface area contributed by atoms with Gasteiger partial charge in [0.1, 0.15) is 5.76 Å². The second kappa shape index (κ2) is 4.74. The predicted octanol–water partition coefficient (Wildman–Crippen LogP) is 2.71. The zero-order valence-corrected chi connectivity index (χ0v) is 11.6. The number of nitrogens with one attached hydrogen (secondary N) is 1. The monoisotopic (exact) mass is 273 g/mol. The fourth-order valence-electron chi connectivity index (χ4n) is 3.65. The third-order valence-corrected chi connectivity index (χ3v) is 4.60. The largest absolute Gasteiger partial charge is 0.469 e. The second-order valence-corrected chi connectivity index (χ2v) is 6.08. The molecular weight excluding hydrogens is 254 g/mol. The summed E-state index contributed by atoms with van der Waals surface area (Å²) in [6.07, 6.45) is 7.68. The number of aryl methyl sites for hydroxylation is 1. The van der Waals surface area contributed by atoms with Gasteiger partial charge in [0.05, 0.1) is 11.8 Å². The van der Waals surface area contributed by atoms with E-state index in [1.165, 1.54) is 25.7 Å². The topological polar surface area (TPSA) is 64.1 Å². The van der Waals surface area contributed by atoms with Crippen molar-refractivity contribution in [3.05, 3.63) is 24.0 Å². The third-order valence-electron chi connectivity index (χ3n) is 4.60. The van der Waals surface area contributed by atoms with Crippen LogP contribution in [-0.4, -0.2) is 22.2 Å². The van der Waals surface area contributed by atoms with Gasteiger partial charge >= 0.3 is 0 Å². The van der Waals surface area contributed by atoms with Gasteiger partial charge in [0.2, 0.25) is 11.7 Å². The average Bonchev–Trinajstić information content (AvgIpc) is 3.11. The van der Waals surface area contributed by atoms with Crippen LogP contribution in [0.4, 0.5) is 0 Å². The summed E-state index contributed by atoms with van der Waals surface area (Å²) in [5, 5.41) is 7.74. The van der Waals surface area contributed by atoms with Gasteiger partial charge in [-0.3, -0.25) is 0 Å². The van der Waals surface area contributed by atoms with E-state index in [4.69, 9.17) is 8.94 Å². The molecular formula is C15H19N3O2. The van der Waals surface area contributed by atoms with E-state index in [1.54, 1.807) is 6.26 Å². The molecule has 0 aliphatic carbocycles. The molecule has 2 fully saturated rings. The molecule has 0 aromatic carbocycles. The maximum Gasteiger partial charge on any atom is 0.227 e. The average molecular weight is 273 g/mol. The molecule has 0 saturated carbocycles. The first kappa shape index (κ1) is 12.1. The minimum atomic E-state index is 0.642. The number of nitrogens with zero attached hydrogens (tertiary/aromatic N) is 2. The number of hydrogen-bond acceptors (Lipinski definition) is 5. The van der Waals surface area contributed by atoms with Crippen LogP contribution in [0, 0.1) is 12.8 Å². The summed E-state index contributed by atoms with van der Waals surface area (Å²) in [4.78, 5) is 4.52. The molecule has 5 heteroatoms. The zero-order chi connectivity index (χ0) is 13.5. The van der Waals surface area contributed by atoms with E-state index in [-0.39, 0.29) is 0 Å². The Morgan fingerprint density at radius 1 is 1.30 bits per heavy atom. The highest BCUT2D eigenvalue weighted by Crippen LogP contribution is 2.33. The molecule has 5 nitrogen and oxygen atoms in total. The molecule has 0 radical (unpaired) electrons. The van der Waals surface area contributed by atoms with Gasteiger partial charge in [0.25, 0.3) is 0 Å². The molecule has 2 saturated heterocycles. The van der Waals surface area contributed by atoms with Crippen molar-refractivity contribution in [1.29, 1.82) is 0 Å². The van der Waals surface area contributed by atoms with Crippen molar-refractivity contribution in [2.45, 2.75) is 51.1 Å². The molecule has 2 aromatic rings. The summed E-state index contributed by atoms with van der Waals surface area (Å²) in [5.41, 5.74) is 0.922. The Morgan fingerprint density at radius 2 is 2.10 bits per heavy atom. The standard InChI is InChI=1S/C15H19N3O2/c1-9-13(4-5-19-9)15-17-14(20-18-15)8-10-6-11-2-3-12(7-10)16-11/h4-5,10-12,16H,2-3,6-8H2,1H3. The van der Waals surface area contributed by atoms with Crippen LogP contribution in [0.25, 0.3) is 11.4 Å². The van der Waals surface area contributed by atoms with Crippen LogP contribution in [-0.2, 0) is 6.42 Å². The first-order chi connectivity index (χ1) is 9.78. The molecule has 4 heterocycles. The smallest absolute Gasteiger partial charge is 0.227 e. The highest BCUT2D eigenvalue weighted by atomic mass is 16.5. The van der Waals surface area contributed by atoms with E-state index in [1.807, 2.05) is 13.0 Å². The fraction of sp³-hybridized carbons (Fsp3) is 0.600. The molecule has 2 aliphatic rings. The maximum atomic E-state index is 5.41. The van der Waals surface area contributed by atoms with Gasteiger partial charge < -0.3 is 14.3 Å². The number of hydrogen-bond donors (Lipinski definition) is 1. The van der Waals surface area contributed by atoms with E-state index in [0.717, 1.165) is 23.6 Å². The molecule has 2 unspecified atom stereocenters. The van der Waals surface area contributed by atoms with Gasteiger partial charge in [-0.05, 0) is 44.6 Å². The predicted molar refractivity (Wildman–Crippen MR) is 73.1 cm³/mol. The number of furan rings is 1. The first-order valence-electron chi connectivity index (χ1n) is 7.41. The van der Waals surface area contributed by atoms with Crippen LogP contribution < -0.4 is 5.32 Å². The molecule has 0 spiro atoms. The van der Waals surface area contributed by atoms with Crippen molar-refractivity contribution in [3.63, 3.8) is 0 Å². The summed E-state index contributed by atoms with van der Waals surface area (Å²) in [6.45, 7) is 1.91. The van der Waals surface area contributed by atoms with Gasteiger partial charge in [0.15, 0.2) is 0 Å². The Balaban J connectivity index is 1.47. The lowest BCUT2D eigenvalue weighted by atomic mass is 9.90. The summed E-state index contributed by atoms with van der Waals surface area (Å²) >= 11 is 0. The van der Waals surface area contributed by atoms with Crippen molar-refractivity contribution in [2.24, 2.45) is 5.92 Å². The van der Waals surface area contributed by atoms with E-state index >= 15 is 0 Å². The van der Waals surface area contributed by atoms with Crippen LogP contribution in [0.15, 0.2) is 21.3 Å². The molecule has 106 valence electrons. The van der Waals surface area contributed by atoms with Gasteiger partial charge in [-0.1, -0.05) is 5.16 Å². The van der Waals surface area contributed by atoms with E-state index in [0.29, 0.717) is 23.8 Å². The Labute approximate surface area is 117 Å². The fourth-order valence-corrected chi connectivity index (χ4v) is 3.65. The second-order valence-electron chi connectivity index (χ2n) is 6.08. The summed E-state index contributed by atoms with van der Waals surface area (Å²) in [7, 11) is 0. The SMILES string of the molecule is Cc1occc1-c1noc(CC2CC3CCC(C2)N3)n1. The molecule has 2 aromatic heterocycles. The van der Waals surface area contributed by atoms with Gasteiger partial charge in [-0.25, -0.2) is 0 Å². The highest BCUT2D eigenvalue weighted by molar-refractivity contribution is 5.56. The summed E-state index contributed by atoms with van der Waals surface area (Å²) in [5.74, 6) is 2.90. The van der Waals surface area contributed by atoms with Crippen LogP contribution in [0.5, 0.6) is 0 Å². The van der Waals surface area contributed by atoms with Crippen LogP contribution in [0.3, 0.4) is 0 Å². The molecule has 2 aliphatic heterocycles. The van der Waals surface area contributed by atoms with Gasteiger partial charge in [-0.2, -0.15) is 4.98 Å². The van der Waals surface area contributed by atoms with Crippen molar-refractivity contribution in [2.75, 3.05) is 0 Å².